The van der Waals surface area contributed by atoms with E-state index in [1.165, 1.54) is 0 Å². The van der Waals surface area contributed by atoms with E-state index in [9.17, 15) is 43.5 Å². The molecular weight excluding hydrogens is 782 g/mol. The number of hydrogen-bond acceptors (Lipinski definition) is 15. The van der Waals surface area contributed by atoms with E-state index in [4.69, 9.17) is 47.7 Å². The Morgan fingerprint density at radius 2 is 0.966 bits per heavy atom. The number of amides is 6. The molecule has 59 heavy (non-hydrogen) atoms. The molecule has 0 saturated heterocycles. The molecule has 0 radical (unpaired) electrons. The summed E-state index contributed by atoms with van der Waals surface area (Å²) < 4.78 is 10.0. The maximum atomic E-state index is 12.1. The van der Waals surface area contributed by atoms with Gasteiger partial charge in [0.1, 0.15) is 38.4 Å². The first-order valence-corrected chi connectivity index (χ1v) is 18.0. The Kier molecular flexibility index (Phi) is 28.2. The summed E-state index contributed by atoms with van der Waals surface area (Å²) in [6, 6.07) is 15.5. The lowest BCUT2D eigenvalue weighted by Gasteiger charge is -2.18. The van der Waals surface area contributed by atoms with Crippen molar-refractivity contribution < 1.29 is 68.3 Å². The number of aliphatic hydroxyl groups is 2. The summed E-state index contributed by atoms with van der Waals surface area (Å²) in [4.78, 5) is 91.5. The molecule has 2 aromatic carbocycles. The molecule has 0 heterocycles. The summed E-state index contributed by atoms with van der Waals surface area (Å²) in [5.41, 5.74) is 21.7. The van der Waals surface area contributed by atoms with Crippen LogP contribution in [0.15, 0.2) is 60.7 Å². The lowest BCUT2D eigenvalue weighted by Crippen LogP contribution is -2.48. The normalized spacial score (nSPS) is 11.6. The van der Waals surface area contributed by atoms with Crippen LogP contribution in [0.1, 0.15) is 36.8 Å². The van der Waals surface area contributed by atoms with Crippen molar-refractivity contribution in [3.63, 3.8) is 0 Å². The molecule has 0 fully saturated rings. The number of hydrogen-bond donors (Lipinski definition) is 13. The molecule has 0 aromatic heterocycles. The fourth-order valence-electron chi connectivity index (χ4n) is 3.99. The van der Waals surface area contributed by atoms with E-state index >= 15 is 0 Å². The van der Waals surface area contributed by atoms with Gasteiger partial charge in [-0.2, -0.15) is 0 Å². The Hall–Kier alpha value is -6.40. The second kappa shape index (κ2) is 31.7. The Labute approximate surface area is 339 Å². The topological polar surface area (TPSA) is 400 Å². The molecule has 17 N–H and O–H groups in total. The Balaban J connectivity index is 0.00000101. The van der Waals surface area contributed by atoms with Gasteiger partial charge in [-0.3, -0.25) is 28.8 Å². The van der Waals surface area contributed by atoms with Crippen molar-refractivity contribution in [3.8, 4) is 0 Å². The smallest absolute Gasteiger partial charge is 0.408 e. The second-order valence-electron chi connectivity index (χ2n) is 12.1. The molecule has 0 aliphatic heterocycles. The van der Waals surface area contributed by atoms with Gasteiger partial charge in [-0.1, -0.05) is 60.7 Å². The standard InChI is InChI=1S/C18H26N4O7.C15H19N3O6.C3H10N2O/c19-8-13(23)9-20-15(24)7-6-14(17(27)21-10-16(25)26)22-18(28)29-11-12-4-2-1-3-5-12;16-12(19)7-6-11(14(22)17-8-13(20)21)18-15(23)24-9-10-4-2-1-3-5-10;4-1-3(6)2-5/h1-5,13-14,23H,6-11,19H2,(H,20,24)(H,21,27)(H,22,28)(H,25,26);1-5,11H,6-9H2,(H2,16,19)(H,17,22)(H,18,23)(H,20,21);3,6H,1-2,4-5H2/t13?,14-;11-;/m00./s1. The first kappa shape index (κ1) is 52.6. The van der Waals surface area contributed by atoms with Crippen LogP contribution in [0.25, 0.3) is 0 Å². The number of carboxylic acid groups (broad SMARTS) is 2. The first-order valence-electron chi connectivity index (χ1n) is 18.0. The highest BCUT2D eigenvalue weighted by atomic mass is 16.6. The third kappa shape index (κ3) is 28.6. The first-order chi connectivity index (χ1) is 28.0. The van der Waals surface area contributed by atoms with Gasteiger partial charge in [-0.05, 0) is 24.0 Å². The maximum absolute atomic E-state index is 12.1. The summed E-state index contributed by atoms with van der Waals surface area (Å²) in [6.07, 6.45) is -3.62. The van der Waals surface area contributed by atoms with Crippen LogP contribution < -0.4 is 49.5 Å². The molecule has 6 amide bonds. The van der Waals surface area contributed by atoms with E-state index in [0.717, 1.165) is 11.1 Å². The molecule has 328 valence electrons. The molecule has 2 aromatic rings. The Bertz CT molecular complexity index is 1590. The number of nitrogens with one attached hydrogen (secondary N) is 5. The number of carbonyl (C=O) groups excluding carboxylic acids is 6. The number of aliphatic hydroxyl groups excluding tert-OH is 2. The SMILES string of the molecule is NC(=O)CC[C@H](NC(=O)OCc1ccccc1)C(=O)NCC(=O)O.NCC(O)CN.NCC(O)CNC(=O)CC[C@H](NC(=O)OCc1ccccc1)C(=O)NCC(=O)O. The predicted octanol–water partition coefficient (Wildman–Crippen LogP) is -3.29. The van der Waals surface area contributed by atoms with E-state index in [1.54, 1.807) is 48.5 Å². The highest BCUT2D eigenvalue weighted by Gasteiger charge is 2.24. The summed E-state index contributed by atoms with van der Waals surface area (Å²) in [7, 11) is 0. The Morgan fingerprint density at radius 3 is 1.31 bits per heavy atom. The molecule has 2 rings (SSSR count). The van der Waals surface area contributed by atoms with Crippen molar-refractivity contribution in [2.45, 2.75) is 63.2 Å². The van der Waals surface area contributed by atoms with Gasteiger partial charge in [0, 0.05) is 39.0 Å². The van der Waals surface area contributed by atoms with Crippen LogP contribution in [-0.2, 0) is 51.5 Å². The van der Waals surface area contributed by atoms with Crippen molar-refractivity contribution in [2.24, 2.45) is 22.9 Å². The molecule has 0 aliphatic rings. The second-order valence-corrected chi connectivity index (χ2v) is 12.1. The summed E-state index contributed by atoms with van der Waals surface area (Å²) >= 11 is 0. The number of primary amides is 1. The minimum Gasteiger partial charge on any atom is -0.480 e. The largest absolute Gasteiger partial charge is 0.480 e. The fraction of sp³-hybridized carbons (Fsp3) is 0.444. The zero-order valence-electron chi connectivity index (χ0n) is 32.2. The summed E-state index contributed by atoms with van der Waals surface area (Å²) in [5.74, 6) is -5.10. The number of ether oxygens (including phenoxy) is 2. The molecule has 0 spiro atoms. The van der Waals surface area contributed by atoms with E-state index in [-0.39, 0.29) is 65.1 Å². The molecule has 0 aliphatic carbocycles. The van der Waals surface area contributed by atoms with Crippen molar-refractivity contribution >= 4 is 47.8 Å². The highest BCUT2D eigenvalue weighted by molar-refractivity contribution is 5.89. The number of rotatable bonds is 23. The number of aliphatic carboxylic acids is 2. The van der Waals surface area contributed by atoms with Gasteiger partial charge in [-0.15, -0.1) is 0 Å². The van der Waals surface area contributed by atoms with Gasteiger partial charge in [-0.25, -0.2) is 9.59 Å². The van der Waals surface area contributed by atoms with Gasteiger partial charge >= 0.3 is 24.1 Å². The van der Waals surface area contributed by atoms with Crippen molar-refractivity contribution in [1.29, 1.82) is 0 Å². The third-order valence-corrected chi connectivity index (χ3v) is 7.16. The maximum Gasteiger partial charge on any atom is 0.408 e. The summed E-state index contributed by atoms with van der Waals surface area (Å²) in [6.45, 7) is -0.794. The van der Waals surface area contributed by atoms with Crippen molar-refractivity contribution in [3.05, 3.63) is 71.8 Å². The van der Waals surface area contributed by atoms with Crippen LogP contribution in [0.2, 0.25) is 0 Å². The summed E-state index contributed by atoms with van der Waals surface area (Å²) in [5, 5.41) is 46.3. The monoisotopic (exact) mass is 837 g/mol. The fourth-order valence-corrected chi connectivity index (χ4v) is 3.99. The zero-order chi connectivity index (χ0) is 44.6. The highest BCUT2D eigenvalue weighted by Crippen LogP contribution is 2.05. The van der Waals surface area contributed by atoms with Crippen LogP contribution in [0.5, 0.6) is 0 Å². The van der Waals surface area contributed by atoms with Gasteiger partial charge in [0.05, 0.1) is 12.2 Å². The van der Waals surface area contributed by atoms with Gasteiger partial charge in [0.25, 0.3) is 0 Å². The van der Waals surface area contributed by atoms with Crippen LogP contribution in [0, 0.1) is 0 Å². The zero-order valence-corrected chi connectivity index (χ0v) is 32.2. The lowest BCUT2D eigenvalue weighted by atomic mass is 10.1. The van der Waals surface area contributed by atoms with Crippen LogP contribution in [0.3, 0.4) is 0 Å². The molecule has 3 atom stereocenters. The van der Waals surface area contributed by atoms with Crippen LogP contribution in [-0.4, -0.2) is 132 Å². The minimum atomic E-state index is -1.25. The van der Waals surface area contributed by atoms with E-state index in [1.807, 2.05) is 12.1 Å². The third-order valence-electron chi connectivity index (χ3n) is 7.16. The van der Waals surface area contributed by atoms with Crippen LogP contribution >= 0.6 is 0 Å². The molecule has 1 unspecified atom stereocenters. The number of carbonyl (C=O) groups is 8. The van der Waals surface area contributed by atoms with Crippen molar-refractivity contribution in [2.75, 3.05) is 39.3 Å². The van der Waals surface area contributed by atoms with E-state index < -0.39 is 85.1 Å². The molecule has 23 nitrogen and oxygen atoms in total. The van der Waals surface area contributed by atoms with Gasteiger partial charge in [0.15, 0.2) is 0 Å². The van der Waals surface area contributed by atoms with Crippen molar-refractivity contribution in [1.82, 2.24) is 26.6 Å². The number of alkyl carbamates (subject to hydrolysis) is 2. The van der Waals surface area contributed by atoms with E-state index in [2.05, 4.69) is 26.6 Å². The van der Waals surface area contributed by atoms with Gasteiger partial charge in [0.2, 0.25) is 23.6 Å². The lowest BCUT2D eigenvalue weighted by molar-refractivity contribution is -0.138. The molecular formula is C36H55N9O14. The molecule has 0 saturated carbocycles. The van der Waals surface area contributed by atoms with Crippen LogP contribution in [0.4, 0.5) is 9.59 Å². The molecule has 0 bridgehead atoms. The number of benzene rings is 2. The minimum absolute atomic E-state index is 0.00591. The quantitative estimate of drug-likeness (QED) is 0.0521. The Morgan fingerprint density at radius 1 is 0.576 bits per heavy atom. The van der Waals surface area contributed by atoms with Gasteiger partial charge < -0.3 is 79.4 Å². The molecule has 23 heteroatoms. The predicted molar refractivity (Wildman–Crippen MR) is 208 cm³/mol. The van der Waals surface area contributed by atoms with E-state index in [0.29, 0.717) is 0 Å². The average Bonchev–Trinajstić information content (AvgIpc) is 3.23. The number of nitrogens with two attached hydrogens (primary N) is 4. The number of carboxylic acids is 2. The average molecular weight is 838 g/mol.